The summed E-state index contributed by atoms with van der Waals surface area (Å²) in [5.74, 6) is 1.47. The summed E-state index contributed by atoms with van der Waals surface area (Å²) in [5.41, 5.74) is 3.75. The molecule has 31 heavy (non-hydrogen) atoms. The average molecular weight is 420 g/mol. The van der Waals surface area contributed by atoms with Gasteiger partial charge in [-0.05, 0) is 61.1 Å². The predicted octanol–water partition coefficient (Wildman–Crippen LogP) is 5.68. The van der Waals surface area contributed by atoms with Crippen LogP contribution in [0.15, 0.2) is 46.9 Å². The minimum absolute atomic E-state index is 0.0237. The standard InChI is InChI=1S/C25H29N3O3/c1-30-20-12-9-17(10-13-20)18-11-14-23-21(16-18)27-24(31-23)22-8-5-15-28(22)25(29)26-19-6-3-2-4-7-19/h9-14,16,19,22H,2-8,15H2,1H3,(H,26,29). The third-order valence-electron chi connectivity index (χ3n) is 6.56. The lowest BCUT2D eigenvalue weighted by Crippen LogP contribution is -2.45. The van der Waals surface area contributed by atoms with E-state index in [-0.39, 0.29) is 12.1 Å². The van der Waals surface area contributed by atoms with Gasteiger partial charge in [-0.15, -0.1) is 0 Å². The highest BCUT2D eigenvalue weighted by molar-refractivity contribution is 5.81. The molecule has 1 N–H and O–H groups in total. The first-order chi connectivity index (χ1) is 15.2. The fourth-order valence-corrected chi connectivity index (χ4v) is 4.82. The summed E-state index contributed by atoms with van der Waals surface area (Å²) in [6, 6.07) is 14.3. The van der Waals surface area contributed by atoms with Crippen molar-refractivity contribution in [3.8, 4) is 16.9 Å². The number of ether oxygens (including phenoxy) is 1. The zero-order chi connectivity index (χ0) is 21.2. The number of amides is 2. The first-order valence-electron chi connectivity index (χ1n) is 11.3. The first-order valence-corrected chi connectivity index (χ1v) is 11.3. The Hall–Kier alpha value is -3.02. The topological polar surface area (TPSA) is 67.6 Å². The molecule has 1 saturated heterocycles. The van der Waals surface area contributed by atoms with E-state index in [0.717, 1.165) is 60.2 Å². The Morgan fingerprint density at radius 2 is 1.81 bits per heavy atom. The normalized spacial score (nSPS) is 19.6. The van der Waals surface area contributed by atoms with Crippen LogP contribution in [0.1, 0.15) is 56.9 Å². The number of oxazole rings is 1. The lowest BCUT2D eigenvalue weighted by atomic mass is 9.96. The molecule has 1 aliphatic heterocycles. The number of rotatable bonds is 4. The molecule has 5 rings (SSSR count). The number of carbonyl (C=O) groups is 1. The van der Waals surface area contributed by atoms with Crippen LogP contribution in [0.25, 0.3) is 22.2 Å². The maximum atomic E-state index is 12.9. The molecular formula is C25H29N3O3. The van der Waals surface area contributed by atoms with E-state index in [1.807, 2.05) is 47.4 Å². The van der Waals surface area contributed by atoms with Crippen molar-refractivity contribution < 1.29 is 13.9 Å². The Morgan fingerprint density at radius 1 is 1.03 bits per heavy atom. The zero-order valence-electron chi connectivity index (χ0n) is 18.0. The molecule has 0 bridgehead atoms. The summed E-state index contributed by atoms with van der Waals surface area (Å²) in [6.07, 6.45) is 7.71. The van der Waals surface area contributed by atoms with Crippen LogP contribution in [0, 0.1) is 0 Å². The molecule has 1 unspecified atom stereocenters. The number of hydrogen-bond acceptors (Lipinski definition) is 4. The van der Waals surface area contributed by atoms with Crippen molar-refractivity contribution in [2.75, 3.05) is 13.7 Å². The number of benzene rings is 2. The number of fused-ring (bicyclic) bond motifs is 1. The summed E-state index contributed by atoms with van der Waals surface area (Å²) in [6.45, 7) is 0.749. The Bertz CT molecular complexity index is 1050. The summed E-state index contributed by atoms with van der Waals surface area (Å²) in [5, 5.41) is 3.24. The van der Waals surface area contributed by atoms with Crippen molar-refractivity contribution in [2.45, 2.75) is 57.0 Å². The fourth-order valence-electron chi connectivity index (χ4n) is 4.82. The number of hydrogen-bond donors (Lipinski definition) is 1. The van der Waals surface area contributed by atoms with Gasteiger partial charge >= 0.3 is 6.03 Å². The molecule has 1 saturated carbocycles. The van der Waals surface area contributed by atoms with E-state index in [4.69, 9.17) is 14.1 Å². The number of urea groups is 1. The molecule has 2 heterocycles. The van der Waals surface area contributed by atoms with E-state index in [1.54, 1.807) is 7.11 Å². The van der Waals surface area contributed by atoms with Gasteiger partial charge in [0.1, 0.15) is 17.3 Å². The quantitative estimate of drug-likeness (QED) is 0.590. The largest absolute Gasteiger partial charge is 0.497 e. The molecule has 0 spiro atoms. The Labute approximate surface area is 182 Å². The molecule has 2 amide bonds. The summed E-state index contributed by atoms with van der Waals surface area (Å²) in [7, 11) is 1.67. The Morgan fingerprint density at radius 3 is 2.58 bits per heavy atom. The second kappa shape index (κ2) is 8.61. The number of methoxy groups -OCH3 is 1. The second-order valence-electron chi connectivity index (χ2n) is 8.60. The summed E-state index contributed by atoms with van der Waals surface area (Å²) in [4.78, 5) is 19.6. The third-order valence-corrected chi connectivity index (χ3v) is 6.56. The smallest absolute Gasteiger partial charge is 0.318 e. The molecule has 6 heteroatoms. The molecule has 2 aromatic carbocycles. The molecule has 162 valence electrons. The fraction of sp³-hybridized carbons (Fsp3) is 0.440. The summed E-state index contributed by atoms with van der Waals surface area (Å²) >= 11 is 0. The molecule has 2 fully saturated rings. The maximum Gasteiger partial charge on any atom is 0.318 e. The van der Waals surface area contributed by atoms with Gasteiger partial charge in [-0.25, -0.2) is 9.78 Å². The number of nitrogens with zero attached hydrogens (tertiary/aromatic N) is 2. The van der Waals surface area contributed by atoms with Crippen molar-refractivity contribution >= 4 is 17.1 Å². The molecule has 6 nitrogen and oxygen atoms in total. The highest BCUT2D eigenvalue weighted by atomic mass is 16.5. The number of nitrogens with one attached hydrogen (secondary N) is 1. The lowest BCUT2D eigenvalue weighted by Gasteiger charge is -2.28. The van der Waals surface area contributed by atoms with Crippen LogP contribution in [-0.2, 0) is 0 Å². The van der Waals surface area contributed by atoms with E-state index in [1.165, 1.54) is 19.3 Å². The van der Waals surface area contributed by atoms with Crippen molar-refractivity contribution in [1.82, 2.24) is 15.2 Å². The van der Waals surface area contributed by atoms with Crippen LogP contribution in [0.4, 0.5) is 4.79 Å². The van der Waals surface area contributed by atoms with Crippen molar-refractivity contribution in [1.29, 1.82) is 0 Å². The van der Waals surface area contributed by atoms with Crippen LogP contribution < -0.4 is 10.1 Å². The van der Waals surface area contributed by atoms with E-state index in [0.29, 0.717) is 11.9 Å². The number of carbonyl (C=O) groups excluding carboxylic acids is 1. The van der Waals surface area contributed by atoms with Gasteiger partial charge in [-0.3, -0.25) is 0 Å². The van der Waals surface area contributed by atoms with E-state index in [2.05, 4.69) is 5.32 Å². The predicted molar refractivity (Wildman–Crippen MR) is 120 cm³/mol. The van der Waals surface area contributed by atoms with E-state index in [9.17, 15) is 4.79 Å². The Balaban J connectivity index is 1.35. The van der Waals surface area contributed by atoms with Crippen LogP contribution in [0.2, 0.25) is 0 Å². The first kappa shape index (κ1) is 19.9. The SMILES string of the molecule is COc1ccc(-c2ccc3oc(C4CCCN4C(=O)NC4CCCCC4)nc3c2)cc1. The van der Waals surface area contributed by atoms with Gasteiger partial charge in [0.05, 0.1) is 7.11 Å². The average Bonchev–Trinajstić information content (AvgIpc) is 3.46. The van der Waals surface area contributed by atoms with Crippen molar-refractivity contribution in [3.63, 3.8) is 0 Å². The molecule has 1 aliphatic carbocycles. The van der Waals surface area contributed by atoms with Crippen LogP contribution in [0.3, 0.4) is 0 Å². The van der Waals surface area contributed by atoms with Crippen molar-refractivity contribution in [2.24, 2.45) is 0 Å². The molecule has 1 atom stereocenters. The molecular weight excluding hydrogens is 390 g/mol. The Kier molecular flexibility index (Phi) is 5.53. The number of likely N-dealkylation sites (tertiary alicyclic amines) is 1. The number of aromatic nitrogens is 1. The highest BCUT2D eigenvalue weighted by Gasteiger charge is 2.34. The van der Waals surface area contributed by atoms with E-state index >= 15 is 0 Å². The minimum atomic E-state index is -0.0968. The van der Waals surface area contributed by atoms with Gasteiger partial charge in [0, 0.05) is 12.6 Å². The third kappa shape index (κ3) is 4.11. The van der Waals surface area contributed by atoms with Crippen molar-refractivity contribution in [3.05, 3.63) is 48.4 Å². The highest BCUT2D eigenvalue weighted by Crippen LogP contribution is 2.34. The molecule has 0 radical (unpaired) electrons. The minimum Gasteiger partial charge on any atom is -0.497 e. The molecule has 3 aromatic rings. The van der Waals surface area contributed by atoms with E-state index < -0.39 is 0 Å². The maximum absolute atomic E-state index is 12.9. The van der Waals surface area contributed by atoms with Crippen LogP contribution >= 0.6 is 0 Å². The monoisotopic (exact) mass is 419 g/mol. The van der Waals surface area contributed by atoms with Crippen LogP contribution in [0.5, 0.6) is 5.75 Å². The van der Waals surface area contributed by atoms with Gasteiger partial charge in [0.2, 0.25) is 5.89 Å². The van der Waals surface area contributed by atoms with Crippen LogP contribution in [-0.4, -0.2) is 35.6 Å². The summed E-state index contributed by atoms with van der Waals surface area (Å²) < 4.78 is 11.3. The molecule has 1 aromatic heterocycles. The zero-order valence-corrected chi connectivity index (χ0v) is 18.0. The van der Waals surface area contributed by atoms with Gasteiger partial charge in [-0.1, -0.05) is 37.5 Å². The van der Waals surface area contributed by atoms with Gasteiger partial charge in [0.25, 0.3) is 0 Å². The second-order valence-corrected chi connectivity index (χ2v) is 8.60. The van der Waals surface area contributed by atoms with Gasteiger partial charge < -0.3 is 19.4 Å². The van der Waals surface area contributed by atoms with Gasteiger partial charge in [0.15, 0.2) is 5.58 Å². The van der Waals surface area contributed by atoms with Gasteiger partial charge in [-0.2, -0.15) is 0 Å². The lowest BCUT2D eigenvalue weighted by molar-refractivity contribution is 0.178. The molecule has 2 aliphatic rings.